The van der Waals surface area contributed by atoms with Crippen LogP contribution in [0.15, 0.2) is 42.0 Å². The van der Waals surface area contributed by atoms with E-state index >= 15 is 0 Å². The van der Waals surface area contributed by atoms with E-state index in [1.54, 1.807) is 31.2 Å². The first kappa shape index (κ1) is 24.2. The Hall–Kier alpha value is -1.86. The van der Waals surface area contributed by atoms with Gasteiger partial charge in [0.15, 0.2) is 0 Å². The average molecular weight is 408 g/mol. The molecule has 0 saturated carbocycles. The maximum atomic E-state index is 13.0. The normalized spacial score (nSPS) is 21.0. The third-order valence-electron chi connectivity index (χ3n) is 5.11. The van der Waals surface area contributed by atoms with Crippen LogP contribution < -0.4 is 5.32 Å². The molecule has 1 aliphatic rings. The SMILES string of the molecule is C=C/C=C(\C=C)CC(NC(=O)C(C)C(OC)C1CCCN1C=O)C(=NC)SC. The van der Waals surface area contributed by atoms with Crippen LogP contribution >= 0.6 is 11.8 Å². The van der Waals surface area contributed by atoms with Gasteiger partial charge in [0.2, 0.25) is 12.3 Å². The van der Waals surface area contributed by atoms with Gasteiger partial charge in [0.05, 0.1) is 29.1 Å². The molecule has 0 aromatic rings. The number of methoxy groups -OCH3 is 1. The molecule has 0 spiro atoms. The summed E-state index contributed by atoms with van der Waals surface area (Å²) in [5.74, 6) is -0.527. The topological polar surface area (TPSA) is 71.0 Å². The minimum atomic E-state index is -0.409. The Morgan fingerprint density at radius 1 is 1.46 bits per heavy atom. The number of nitrogens with one attached hydrogen (secondary N) is 1. The average Bonchev–Trinajstić information content (AvgIpc) is 3.17. The molecule has 2 amide bonds. The minimum absolute atomic E-state index is 0.0778. The first-order valence-corrected chi connectivity index (χ1v) is 10.7. The Bertz CT molecular complexity index is 618. The highest BCUT2D eigenvalue weighted by Crippen LogP contribution is 2.25. The van der Waals surface area contributed by atoms with Gasteiger partial charge in [0, 0.05) is 20.7 Å². The van der Waals surface area contributed by atoms with Crippen LogP contribution in [0.1, 0.15) is 26.2 Å². The van der Waals surface area contributed by atoms with Crippen LogP contribution in [0.3, 0.4) is 0 Å². The second kappa shape index (κ2) is 12.6. The fraction of sp³-hybridized carbons (Fsp3) is 0.571. The molecule has 0 bridgehead atoms. The molecule has 156 valence electrons. The first-order chi connectivity index (χ1) is 13.5. The van der Waals surface area contributed by atoms with Crippen molar-refractivity contribution in [3.8, 4) is 0 Å². The zero-order valence-corrected chi connectivity index (χ0v) is 18.2. The van der Waals surface area contributed by atoms with E-state index < -0.39 is 5.92 Å². The molecule has 1 aliphatic heterocycles. The molecular weight excluding hydrogens is 374 g/mol. The van der Waals surface area contributed by atoms with Crippen LogP contribution in [0, 0.1) is 5.92 Å². The maximum Gasteiger partial charge on any atom is 0.226 e. The minimum Gasteiger partial charge on any atom is -0.378 e. The Balaban J connectivity index is 2.98. The number of aliphatic imine (C=N–C) groups is 1. The summed E-state index contributed by atoms with van der Waals surface area (Å²) < 4.78 is 5.65. The molecule has 1 N–H and O–H groups in total. The third kappa shape index (κ3) is 6.34. The lowest BCUT2D eigenvalue weighted by Crippen LogP contribution is -2.50. The second-order valence-corrected chi connectivity index (χ2v) is 7.58. The molecule has 0 aliphatic carbocycles. The Kier molecular flexibility index (Phi) is 10.9. The number of rotatable bonds is 11. The van der Waals surface area contributed by atoms with Gasteiger partial charge in [-0.25, -0.2) is 0 Å². The van der Waals surface area contributed by atoms with Crippen molar-refractivity contribution in [2.75, 3.05) is 27.0 Å². The van der Waals surface area contributed by atoms with E-state index in [9.17, 15) is 9.59 Å². The quantitative estimate of drug-likeness (QED) is 0.247. The zero-order valence-electron chi connectivity index (χ0n) is 17.4. The van der Waals surface area contributed by atoms with Crippen LogP contribution in [0.4, 0.5) is 0 Å². The van der Waals surface area contributed by atoms with Gasteiger partial charge < -0.3 is 15.0 Å². The molecule has 1 heterocycles. The molecular formula is C21H33N3O3S. The van der Waals surface area contributed by atoms with Gasteiger partial charge in [-0.2, -0.15) is 0 Å². The lowest BCUT2D eigenvalue weighted by atomic mass is 9.94. The van der Waals surface area contributed by atoms with Crippen molar-refractivity contribution in [3.63, 3.8) is 0 Å². The number of hydrogen-bond acceptors (Lipinski definition) is 5. The molecule has 0 radical (unpaired) electrons. The molecule has 28 heavy (non-hydrogen) atoms. The summed E-state index contributed by atoms with van der Waals surface area (Å²) >= 11 is 1.51. The molecule has 4 unspecified atom stereocenters. The Morgan fingerprint density at radius 3 is 2.68 bits per heavy atom. The molecule has 1 saturated heterocycles. The number of nitrogens with zero attached hydrogens (tertiary/aromatic N) is 2. The Morgan fingerprint density at radius 2 is 2.18 bits per heavy atom. The molecule has 0 aromatic carbocycles. The smallest absolute Gasteiger partial charge is 0.226 e. The number of allylic oxidation sites excluding steroid dienone is 3. The van der Waals surface area contributed by atoms with Crippen LogP contribution in [0.5, 0.6) is 0 Å². The van der Waals surface area contributed by atoms with Crippen molar-refractivity contribution in [2.45, 2.75) is 44.4 Å². The fourth-order valence-electron chi connectivity index (χ4n) is 3.64. The summed E-state index contributed by atoms with van der Waals surface area (Å²) in [4.78, 5) is 30.4. The van der Waals surface area contributed by atoms with Gasteiger partial charge in [-0.05, 0) is 31.1 Å². The van der Waals surface area contributed by atoms with E-state index in [1.807, 2.05) is 19.3 Å². The number of hydrogen-bond donors (Lipinski definition) is 1. The molecule has 6 nitrogen and oxygen atoms in total. The van der Waals surface area contributed by atoms with Gasteiger partial charge in [0.25, 0.3) is 0 Å². The van der Waals surface area contributed by atoms with Crippen molar-refractivity contribution in [3.05, 3.63) is 37.0 Å². The lowest BCUT2D eigenvalue weighted by molar-refractivity contribution is -0.133. The molecule has 7 heteroatoms. The zero-order chi connectivity index (χ0) is 21.1. The van der Waals surface area contributed by atoms with Gasteiger partial charge in [-0.3, -0.25) is 14.6 Å². The fourth-order valence-corrected chi connectivity index (χ4v) is 4.25. The molecule has 0 aromatic heterocycles. The molecule has 1 rings (SSSR count). The van der Waals surface area contributed by atoms with Crippen molar-refractivity contribution in [1.29, 1.82) is 0 Å². The number of carbonyl (C=O) groups excluding carboxylic acids is 2. The predicted octanol–water partition coefficient (Wildman–Crippen LogP) is 2.82. The van der Waals surface area contributed by atoms with E-state index in [2.05, 4.69) is 23.5 Å². The summed E-state index contributed by atoms with van der Waals surface area (Å²) in [7, 11) is 3.31. The largest absolute Gasteiger partial charge is 0.378 e. The summed E-state index contributed by atoms with van der Waals surface area (Å²) in [5.41, 5.74) is 0.967. The van der Waals surface area contributed by atoms with Crippen molar-refractivity contribution in [2.24, 2.45) is 10.9 Å². The predicted molar refractivity (Wildman–Crippen MR) is 118 cm³/mol. The van der Waals surface area contributed by atoms with Crippen LogP contribution in [0.25, 0.3) is 0 Å². The summed E-state index contributed by atoms with van der Waals surface area (Å²) in [6, 6.07) is -0.339. The number of carbonyl (C=O) groups is 2. The third-order valence-corrected chi connectivity index (χ3v) is 6.00. The maximum absolute atomic E-state index is 13.0. The van der Waals surface area contributed by atoms with E-state index in [4.69, 9.17) is 4.74 Å². The number of amides is 2. The van der Waals surface area contributed by atoms with Gasteiger partial charge in [0.1, 0.15) is 0 Å². The second-order valence-electron chi connectivity index (χ2n) is 6.75. The van der Waals surface area contributed by atoms with Gasteiger partial charge >= 0.3 is 0 Å². The van der Waals surface area contributed by atoms with E-state index in [0.29, 0.717) is 13.0 Å². The Labute approximate surface area is 173 Å². The summed E-state index contributed by atoms with van der Waals surface area (Å²) in [5, 5.41) is 3.95. The summed E-state index contributed by atoms with van der Waals surface area (Å²) in [6.07, 6.45) is 10.1. The highest BCUT2D eigenvalue weighted by Gasteiger charge is 2.37. The van der Waals surface area contributed by atoms with Crippen LogP contribution in [0.2, 0.25) is 0 Å². The van der Waals surface area contributed by atoms with Crippen LogP contribution in [-0.4, -0.2) is 67.4 Å². The van der Waals surface area contributed by atoms with Gasteiger partial charge in [-0.1, -0.05) is 38.3 Å². The van der Waals surface area contributed by atoms with Crippen molar-refractivity contribution >= 4 is 29.1 Å². The highest BCUT2D eigenvalue weighted by molar-refractivity contribution is 8.13. The van der Waals surface area contributed by atoms with Crippen LogP contribution in [-0.2, 0) is 14.3 Å². The van der Waals surface area contributed by atoms with E-state index in [0.717, 1.165) is 29.9 Å². The van der Waals surface area contributed by atoms with E-state index in [-0.39, 0.29) is 24.1 Å². The van der Waals surface area contributed by atoms with Crippen molar-refractivity contribution < 1.29 is 14.3 Å². The number of ether oxygens (including phenoxy) is 1. The molecule has 4 atom stereocenters. The number of thioether (sulfide) groups is 1. The monoisotopic (exact) mass is 407 g/mol. The lowest BCUT2D eigenvalue weighted by Gasteiger charge is -2.32. The highest BCUT2D eigenvalue weighted by atomic mass is 32.2. The molecule has 1 fully saturated rings. The van der Waals surface area contributed by atoms with E-state index in [1.165, 1.54) is 11.8 Å². The van der Waals surface area contributed by atoms with Gasteiger partial charge in [-0.15, -0.1) is 11.8 Å². The number of likely N-dealkylation sites (tertiary alicyclic amines) is 1. The standard InChI is InChI=1S/C21H33N3O3S/c1-7-10-16(8-2)13-17(21(22-4)28-6)23-20(26)15(3)19(27-5)18-11-9-12-24(18)14-25/h7-8,10,14-15,17-19H,1-2,9,11-13H2,3-6H3,(H,23,26)/b16-10+,22-21?. The first-order valence-electron chi connectivity index (χ1n) is 9.46. The summed E-state index contributed by atoms with van der Waals surface area (Å²) in [6.45, 7) is 10.1. The van der Waals surface area contributed by atoms with Crippen molar-refractivity contribution in [1.82, 2.24) is 10.2 Å².